The highest BCUT2D eigenvalue weighted by atomic mass is 35.5. The molecule has 1 aliphatic rings. The van der Waals surface area contributed by atoms with E-state index < -0.39 is 5.60 Å². The first-order valence-corrected chi connectivity index (χ1v) is 7.91. The Kier molecular flexibility index (Phi) is 8.18. The maximum atomic E-state index is 12.6. The van der Waals surface area contributed by atoms with Gasteiger partial charge in [-0.15, -0.1) is 12.4 Å². The zero-order valence-corrected chi connectivity index (χ0v) is 14.9. The molecule has 0 radical (unpaired) electrons. The molecule has 2 rings (SSSR count). The van der Waals surface area contributed by atoms with Gasteiger partial charge in [0.25, 0.3) is 5.91 Å². The lowest BCUT2D eigenvalue weighted by Crippen LogP contribution is -2.51. The first kappa shape index (κ1) is 20.4. The van der Waals surface area contributed by atoms with Crippen molar-refractivity contribution in [3.8, 4) is 0 Å². The molecule has 1 aliphatic heterocycles. The Morgan fingerprint density at radius 3 is 2.62 bits per heavy atom. The van der Waals surface area contributed by atoms with Gasteiger partial charge < -0.3 is 20.1 Å². The van der Waals surface area contributed by atoms with Gasteiger partial charge in [0.05, 0.1) is 13.0 Å². The molecule has 0 unspecified atom stereocenters. The van der Waals surface area contributed by atoms with Crippen molar-refractivity contribution in [3.05, 3.63) is 29.8 Å². The lowest BCUT2D eigenvalue weighted by atomic mass is 9.91. The Morgan fingerprint density at radius 2 is 2.00 bits per heavy atom. The molecule has 1 fully saturated rings. The monoisotopic (exact) mass is 356 g/mol. The molecule has 0 aliphatic carbocycles. The Bertz CT molecular complexity index is 559. The molecule has 134 valence electrons. The van der Waals surface area contributed by atoms with Crippen molar-refractivity contribution in [2.75, 3.05) is 32.1 Å². The number of ether oxygens (including phenoxy) is 2. The molecule has 1 saturated heterocycles. The average molecular weight is 357 g/mol. The second-order valence-electron chi connectivity index (χ2n) is 5.58. The molecule has 0 bridgehead atoms. The van der Waals surface area contributed by atoms with Gasteiger partial charge in [-0.05, 0) is 50.6 Å². The molecule has 1 aromatic rings. The third-order valence-corrected chi connectivity index (χ3v) is 4.05. The van der Waals surface area contributed by atoms with Gasteiger partial charge in [0.1, 0.15) is 5.60 Å². The van der Waals surface area contributed by atoms with E-state index in [4.69, 9.17) is 9.47 Å². The number of halogens is 1. The third-order valence-electron chi connectivity index (χ3n) is 4.05. The van der Waals surface area contributed by atoms with E-state index in [1.807, 2.05) is 12.1 Å². The summed E-state index contributed by atoms with van der Waals surface area (Å²) in [5, 5.41) is 6.13. The topological polar surface area (TPSA) is 76.7 Å². The van der Waals surface area contributed by atoms with Crippen LogP contribution in [-0.2, 0) is 25.5 Å². The van der Waals surface area contributed by atoms with Gasteiger partial charge in [-0.25, -0.2) is 0 Å². The van der Waals surface area contributed by atoms with E-state index in [0.717, 1.165) is 18.7 Å². The lowest BCUT2D eigenvalue weighted by molar-refractivity contribution is -0.142. The number of amides is 1. The van der Waals surface area contributed by atoms with Crippen LogP contribution < -0.4 is 10.6 Å². The van der Waals surface area contributed by atoms with Crippen LogP contribution >= 0.6 is 12.4 Å². The molecule has 0 saturated carbocycles. The summed E-state index contributed by atoms with van der Waals surface area (Å²) in [4.78, 5) is 24.2. The Morgan fingerprint density at radius 1 is 1.29 bits per heavy atom. The van der Waals surface area contributed by atoms with E-state index in [2.05, 4.69) is 10.6 Å². The molecule has 7 heteroatoms. The van der Waals surface area contributed by atoms with Crippen LogP contribution in [0.1, 0.15) is 25.3 Å². The number of esters is 1. The van der Waals surface area contributed by atoms with Gasteiger partial charge in [0.15, 0.2) is 0 Å². The number of hydrogen-bond acceptors (Lipinski definition) is 5. The van der Waals surface area contributed by atoms with Crippen molar-refractivity contribution in [1.29, 1.82) is 0 Å². The molecule has 0 aromatic heterocycles. The first-order valence-electron chi connectivity index (χ1n) is 7.91. The van der Waals surface area contributed by atoms with Crippen LogP contribution in [0.3, 0.4) is 0 Å². The molecule has 6 nitrogen and oxygen atoms in total. The van der Waals surface area contributed by atoms with Gasteiger partial charge in [0, 0.05) is 12.8 Å². The summed E-state index contributed by atoms with van der Waals surface area (Å²) in [5.74, 6) is -0.419. The van der Waals surface area contributed by atoms with E-state index in [9.17, 15) is 9.59 Å². The second-order valence-corrected chi connectivity index (χ2v) is 5.58. The number of nitrogens with one attached hydrogen (secondary N) is 2. The van der Waals surface area contributed by atoms with Crippen molar-refractivity contribution in [2.45, 2.75) is 31.8 Å². The van der Waals surface area contributed by atoms with Crippen molar-refractivity contribution >= 4 is 30.0 Å². The first-order chi connectivity index (χ1) is 11.1. The van der Waals surface area contributed by atoms with Gasteiger partial charge >= 0.3 is 5.97 Å². The molecule has 1 heterocycles. The molecular formula is C17H25ClN2O4. The number of carbonyl (C=O) groups excluding carboxylic acids is 2. The molecule has 24 heavy (non-hydrogen) atoms. The van der Waals surface area contributed by atoms with Crippen molar-refractivity contribution < 1.29 is 19.1 Å². The van der Waals surface area contributed by atoms with Crippen LogP contribution in [0.15, 0.2) is 24.3 Å². The van der Waals surface area contributed by atoms with Crippen molar-refractivity contribution in [2.24, 2.45) is 0 Å². The number of carbonyl (C=O) groups is 2. The number of rotatable bonds is 6. The zero-order valence-electron chi connectivity index (χ0n) is 14.1. The van der Waals surface area contributed by atoms with Gasteiger partial charge in [-0.1, -0.05) is 12.1 Å². The number of methoxy groups -OCH3 is 1. The average Bonchev–Trinajstić information content (AvgIpc) is 2.56. The van der Waals surface area contributed by atoms with Crippen LogP contribution in [0.5, 0.6) is 0 Å². The molecular weight excluding hydrogens is 332 g/mol. The fourth-order valence-electron chi connectivity index (χ4n) is 2.74. The highest BCUT2D eigenvalue weighted by Gasteiger charge is 2.39. The van der Waals surface area contributed by atoms with E-state index in [1.165, 1.54) is 0 Å². The van der Waals surface area contributed by atoms with Crippen LogP contribution in [0.25, 0.3) is 0 Å². The predicted octanol–water partition coefficient (Wildman–Crippen LogP) is 1.92. The Hall–Kier alpha value is -1.63. The van der Waals surface area contributed by atoms with E-state index in [0.29, 0.717) is 25.1 Å². The lowest BCUT2D eigenvalue weighted by Gasteiger charge is -2.34. The van der Waals surface area contributed by atoms with Gasteiger partial charge in [-0.3, -0.25) is 9.59 Å². The molecule has 0 atom stereocenters. The molecule has 2 N–H and O–H groups in total. The van der Waals surface area contributed by atoms with Gasteiger partial charge in [0.2, 0.25) is 0 Å². The third kappa shape index (κ3) is 5.19. The van der Waals surface area contributed by atoms with Crippen LogP contribution in [0.4, 0.5) is 5.69 Å². The minimum Gasteiger partial charge on any atom is -0.466 e. The quantitative estimate of drug-likeness (QED) is 0.761. The molecule has 0 spiro atoms. The second kappa shape index (κ2) is 9.61. The zero-order chi connectivity index (χ0) is 16.7. The Labute approximate surface area is 148 Å². The van der Waals surface area contributed by atoms with E-state index in [1.54, 1.807) is 26.2 Å². The summed E-state index contributed by atoms with van der Waals surface area (Å²) >= 11 is 0. The smallest absolute Gasteiger partial charge is 0.310 e. The van der Waals surface area contributed by atoms with Crippen LogP contribution in [-0.4, -0.2) is 44.3 Å². The summed E-state index contributed by atoms with van der Waals surface area (Å²) in [7, 11) is 1.57. The number of benzene rings is 1. The number of hydrogen-bond donors (Lipinski definition) is 2. The maximum absolute atomic E-state index is 12.6. The summed E-state index contributed by atoms with van der Waals surface area (Å²) in [6.45, 7) is 3.64. The Balaban J connectivity index is 0.00000288. The minimum atomic E-state index is -0.789. The predicted molar refractivity (Wildman–Crippen MR) is 94.5 cm³/mol. The normalized spacial score (nSPS) is 15.9. The highest BCUT2D eigenvalue weighted by Crippen LogP contribution is 2.24. The summed E-state index contributed by atoms with van der Waals surface area (Å²) < 4.78 is 10.5. The standard InChI is InChI=1S/C17H24N2O4.ClH/c1-3-23-15(20)12-13-5-4-6-14(11-13)19-16(21)17(22-2)7-9-18-10-8-17;/h4-6,11,18H,3,7-10,12H2,1-2H3,(H,19,21);1H. The van der Waals surface area contributed by atoms with Crippen molar-refractivity contribution in [1.82, 2.24) is 5.32 Å². The SMILES string of the molecule is CCOC(=O)Cc1cccc(NC(=O)C2(OC)CCNCC2)c1.Cl. The minimum absolute atomic E-state index is 0. The van der Waals surface area contributed by atoms with E-state index >= 15 is 0 Å². The number of piperidine rings is 1. The fourth-order valence-corrected chi connectivity index (χ4v) is 2.74. The summed E-state index contributed by atoms with van der Waals surface area (Å²) in [5.41, 5.74) is 0.673. The van der Waals surface area contributed by atoms with Crippen LogP contribution in [0.2, 0.25) is 0 Å². The van der Waals surface area contributed by atoms with E-state index in [-0.39, 0.29) is 30.7 Å². The number of anilines is 1. The molecule has 1 amide bonds. The largest absolute Gasteiger partial charge is 0.466 e. The highest BCUT2D eigenvalue weighted by molar-refractivity contribution is 5.97. The molecule has 1 aromatic carbocycles. The summed E-state index contributed by atoms with van der Waals surface area (Å²) in [6.07, 6.45) is 1.46. The summed E-state index contributed by atoms with van der Waals surface area (Å²) in [6, 6.07) is 7.24. The maximum Gasteiger partial charge on any atom is 0.310 e. The fraction of sp³-hybridized carbons (Fsp3) is 0.529. The van der Waals surface area contributed by atoms with Crippen molar-refractivity contribution in [3.63, 3.8) is 0 Å². The van der Waals surface area contributed by atoms with Gasteiger partial charge in [-0.2, -0.15) is 0 Å². The van der Waals surface area contributed by atoms with Crippen LogP contribution in [0, 0.1) is 0 Å².